The molecular formula is C34H33Cl2N7O5S. The summed E-state index contributed by atoms with van der Waals surface area (Å²) in [6.45, 7) is 6.05. The van der Waals surface area contributed by atoms with Gasteiger partial charge in [-0.15, -0.1) is 0 Å². The molecule has 0 aliphatic heterocycles. The van der Waals surface area contributed by atoms with Gasteiger partial charge in [-0.1, -0.05) is 54.7 Å². The number of aryl methyl sites for hydroxylation is 1. The number of hydrogen-bond acceptors (Lipinski definition) is 9. The monoisotopic (exact) mass is 721 g/mol. The minimum atomic E-state index is -3.46. The first-order valence-electron chi connectivity index (χ1n) is 15.3. The summed E-state index contributed by atoms with van der Waals surface area (Å²) in [5.41, 5.74) is 3.40. The number of rotatable bonds is 11. The molecule has 0 radical (unpaired) electrons. The number of nitrogens with one attached hydrogen (secondary N) is 3. The molecule has 3 N–H and O–H groups in total. The van der Waals surface area contributed by atoms with Crippen LogP contribution in [-0.4, -0.2) is 46.6 Å². The first-order chi connectivity index (χ1) is 23.4. The number of halogens is 2. The fraction of sp³-hybridized carbons (Fsp3) is 0.235. The Morgan fingerprint density at radius 3 is 2.43 bits per heavy atom. The molecule has 0 bridgehead atoms. The van der Waals surface area contributed by atoms with Gasteiger partial charge in [-0.25, -0.2) is 22.9 Å². The summed E-state index contributed by atoms with van der Waals surface area (Å²) in [7, 11) is -2.00. The number of urea groups is 1. The number of benzene rings is 3. The molecule has 2 heterocycles. The molecule has 3 aromatic carbocycles. The van der Waals surface area contributed by atoms with Crippen LogP contribution in [0.5, 0.6) is 17.4 Å². The van der Waals surface area contributed by atoms with Crippen molar-refractivity contribution in [2.24, 2.45) is 0 Å². The highest BCUT2D eigenvalue weighted by Crippen LogP contribution is 2.40. The van der Waals surface area contributed by atoms with Gasteiger partial charge in [0.05, 0.1) is 39.3 Å². The van der Waals surface area contributed by atoms with Crippen molar-refractivity contribution in [2.45, 2.75) is 49.7 Å². The lowest BCUT2D eigenvalue weighted by molar-refractivity contribution is 0.262. The molecule has 49 heavy (non-hydrogen) atoms. The lowest BCUT2D eigenvalue weighted by Gasteiger charge is -2.14. The van der Waals surface area contributed by atoms with Gasteiger partial charge in [-0.3, -0.25) is 5.32 Å². The Bertz CT molecular complexity index is 2140. The van der Waals surface area contributed by atoms with E-state index in [2.05, 4.69) is 31.0 Å². The Kier molecular flexibility index (Phi) is 9.68. The first-order valence-corrected chi connectivity index (χ1v) is 17.7. The molecule has 6 rings (SSSR count). The van der Waals surface area contributed by atoms with Crippen molar-refractivity contribution in [1.82, 2.24) is 19.7 Å². The number of sulfone groups is 1. The van der Waals surface area contributed by atoms with Crippen LogP contribution in [0.3, 0.4) is 0 Å². The third-order valence-corrected chi connectivity index (χ3v) is 10.7. The third-order valence-electron chi connectivity index (χ3n) is 7.64. The number of carbonyl (C=O) groups is 1. The molecule has 15 heteroatoms. The van der Waals surface area contributed by atoms with Crippen molar-refractivity contribution in [3.05, 3.63) is 94.2 Å². The molecule has 2 aromatic heterocycles. The Morgan fingerprint density at radius 2 is 1.73 bits per heavy atom. The molecule has 1 aliphatic carbocycles. The van der Waals surface area contributed by atoms with Crippen LogP contribution in [0.1, 0.15) is 43.9 Å². The second-order valence-electron chi connectivity index (χ2n) is 11.8. The molecule has 1 fully saturated rings. The zero-order chi connectivity index (χ0) is 34.9. The Hall–Kier alpha value is -4.85. The predicted octanol–water partition coefficient (Wildman–Crippen LogP) is 8.53. The second kappa shape index (κ2) is 13.9. The van der Waals surface area contributed by atoms with Gasteiger partial charge in [0.2, 0.25) is 11.8 Å². The quantitative estimate of drug-likeness (QED) is 0.122. The van der Waals surface area contributed by atoms with Crippen LogP contribution < -0.4 is 25.4 Å². The van der Waals surface area contributed by atoms with E-state index in [1.54, 1.807) is 22.9 Å². The van der Waals surface area contributed by atoms with Gasteiger partial charge in [0, 0.05) is 30.1 Å². The smallest absolute Gasteiger partial charge is 0.324 e. The van der Waals surface area contributed by atoms with E-state index in [1.165, 1.54) is 31.5 Å². The van der Waals surface area contributed by atoms with Crippen LogP contribution in [-0.2, 0) is 9.84 Å². The summed E-state index contributed by atoms with van der Waals surface area (Å²) in [5.74, 6) is 1.45. The minimum absolute atomic E-state index is 0.0436. The zero-order valence-electron chi connectivity index (χ0n) is 27.0. The number of nitrogens with zero attached hydrogens (tertiary/aromatic N) is 4. The van der Waals surface area contributed by atoms with Gasteiger partial charge >= 0.3 is 6.03 Å². The summed E-state index contributed by atoms with van der Waals surface area (Å²) in [4.78, 5) is 21.9. The Labute approximate surface area is 293 Å². The average Bonchev–Trinajstić information content (AvgIpc) is 3.86. The van der Waals surface area contributed by atoms with Crippen LogP contribution in [0, 0.1) is 6.92 Å². The minimum Gasteiger partial charge on any atom is -0.497 e. The predicted molar refractivity (Wildman–Crippen MR) is 190 cm³/mol. The normalized spacial score (nSPS) is 12.9. The number of hydrogen-bond donors (Lipinski definition) is 3. The number of methoxy groups -OCH3 is 1. The molecular weight excluding hydrogens is 689 g/mol. The van der Waals surface area contributed by atoms with Gasteiger partial charge in [0.25, 0.3) is 0 Å². The van der Waals surface area contributed by atoms with Crippen molar-refractivity contribution in [1.29, 1.82) is 0 Å². The molecule has 12 nitrogen and oxygen atoms in total. The fourth-order valence-corrected chi connectivity index (χ4v) is 6.95. The highest BCUT2D eigenvalue weighted by atomic mass is 35.5. The van der Waals surface area contributed by atoms with Crippen molar-refractivity contribution in [3.8, 4) is 23.1 Å². The van der Waals surface area contributed by atoms with E-state index in [0.717, 1.165) is 16.9 Å². The number of ether oxygens (including phenoxy) is 2. The molecule has 254 valence electrons. The van der Waals surface area contributed by atoms with Crippen molar-refractivity contribution in [3.63, 3.8) is 0 Å². The van der Waals surface area contributed by atoms with Crippen LogP contribution in [0.4, 0.5) is 27.9 Å². The largest absolute Gasteiger partial charge is 0.497 e. The van der Waals surface area contributed by atoms with Crippen LogP contribution in [0.25, 0.3) is 5.69 Å². The summed E-state index contributed by atoms with van der Waals surface area (Å²) >= 11 is 13.1. The SMILES string of the molecule is COc1cc(Nc2nccc(Oc3ccc(NC(=O)Nc4cc(C(C)C)nn4-c4ccc(C)cc4)c(Cl)c3Cl)n2)cc(S(=O)(=O)C2CC2)c1. The van der Waals surface area contributed by atoms with E-state index in [9.17, 15) is 13.2 Å². The highest BCUT2D eigenvalue weighted by Gasteiger charge is 2.37. The lowest BCUT2D eigenvalue weighted by atomic mass is 10.1. The van der Waals surface area contributed by atoms with Crippen LogP contribution in [0.15, 0.2) is 77.8 Å². The highest BCUT2D eigenvalue weighted by molar-refractivity contribution is 7.92. The van der Waals surface area contributed by atoms with E-state index in [4.69, 9.17) is 32.7 Å². The fourth-order valence-electron chi connectivity index (χ4n) is 4.83. The molecule has 1 saturated carbocycles. The van der Waals surface area contributed by atoms with E-state index < -0.39 is 15.9 Å². The summed E-state index contributed by atoms with van der Waals surface area (Å²) in [6.07, 6.45) is 2.75. The van der Waals surface area contributed by atoms with Gasteiger partial charge < -0.3 is 20.1 Å². The van der Waals surface area contributed by atoms with Gasteiger partial charge in [0.15, 0.2) is 9.84 Å². The maximum absolute atomic E-state index is 13.1. The number of anilines is 4. The molecule has 0 spiro atoms. The van der Waals surface area contributed by atoms with E-state index in [0.29, 0.717) is 30.1 Å². The average molecular weight is 723 g/mol. The van der Waals surface area contributed by atoms with Gasteiger partial charge in [0.1, 0.15) is 22.3 Å². The second-order valence-corrected chi connectivity index (χ2v) is 14.7. The molecule has 0 saturated heterocycles. The van der Waals surface area contributed by atoms with Crippen molar-refractivity contribution >= 4 is 62.2 Å². The topological polar surface area (TPSA) is 149 Å². The molecule has 5 aromatic rings. The third kappa shape index (κ3) is 7.74. The van der Waals surface area contributed by atoms with E-state index >= 15 is 0 Å². The molecule has 1 aliphatic rings. The standard InChI is InChI=1S/C34H33Cl2N7O5S/c1-19(2)27-18-29(43(42-27)22-7-5-20(3)6-8-22)40-34(44)39-26-11-12-28(32(36)31(26)35)48-30-13-14-37-33(41-30)38-21-15-23(47-4)17-25(16-21)49(45,46)24-9-10-24/h5-8,11-19,24H,9-10H2,1-4H3,(H,37,38,41)(H2,39,40,44). The molecule has 2 amide bonds. The Morgan fingerprint density at radius 1 is 0.980 bits per heavy atom. The van der Waals surface area contributed by atoms with Crippen molar-refractivity contribution in [2.75, 3.05) is 23.1 Å². The van der Waals surface area contributed by atoms with Crippen LogP contribution >= 0.6 is 23.2 Å². The lowest BCUT2D eigenvalue weighted by Crippen LogP contribution is -2.21. The number of aromatic nitrogens is 4. The first kappa shape index (κ1) is 34.0. The maximum atomic E-state index is 13.1. The van der Waals surface area contributed by atoms with Crippen LogP contribution in [0.2, 0.25) is 10.0 Å². The number of carbonyl (C=O) groups excluding carboxylic acids is 1. The zero-order valence-corrected chi connectivity index (χ0v) is 29.3. The summed E-state index contributed by atoms with van der Waals surface area (Å²) in [6, 6.07) is 18.4. The maximum Gasteiger partial charge on any atom is 0.324 e. The number of amides is 2. The molecule has 0 unspecified atom stereocenters. The Balaban J connectivity index is 1.16. The summed E-state index contributed by atoms with van der Waals surface area (Å²) in [5, 5.41) is 13.0. The van der Waals surface area contributed by atoms with E-state index in [1.807, 2.05) is 51.1 Å². The molecule has 0 atom stereocenters. The van der Waals surface area contributed by atoms with E-state index in [-0.39, 0.29) is 49.4 Å². The van der Waals surface area contributed by atoms with Gasteiger partial charge in [-0.2, -0.15) is 10.1 Å². The van der Waals surface area contributed by atoms with Gasteiger partial charge in [-0.05, 0) is 62.1 Å². The van der Waals surface area contributed by atoms with Crippen molar-refractivity contribution < 1.29 is 22.7 Å². The summed E-state index contributed by atoms with van der Waals surface area (Å²) < 4.78 is 38.6.